The number of aromatic nitrogens is 1. The monoisotopic (exact) mass is 432 g/mol. The number of hydrogen-bond donors (Lipinski definition) is 0. The molecule has 0 saturated heterocycles. The van der Waals surface area contributed by atoms with Crippen LogP contribution in [0.3, 0.4) is 0 Å². The van der Waals surface area contributed by atoms with Gasteiger partial charge in [-0.15, -0.1) is 0 Å². The zero-order chi connectivity index (χ0) is 16.9. The summed E-state index contributed by atoms with van der Waals surface area (Å²) in [5, 5.41) is 9.07. The molecule has 0 bridgehead atoms. The predicted molar refractivity (Wildman–Crippen MR) is 87.3 cm³/mol. The molecule has 7 heteroatoms. The SMILES string of the molecule is N#Cc1ccc(C(F)(F)F)nc1O[C@H](CCI)c1ccccc1. The van der Waals surface area contributed by atoms with Crippen LogP contribution >= 0.6 is 22.6 Å². The molecule has 1 heterocycles. The molecular formula is C16H12F3IN2O. The molecule has 0 unspecified atom stereocenters. The van der Waals surface area contributed by atoms with Crippen molar-refractivity contribution in [1.82, 2.24) is 4.98 Å². The van der Waals surface area contributed by atoms with E-state index in [-0.39, 0.29) is 11.4 Å². The summed E-state index contributed by atoms with van der Waals surface area (Å²) in [6, 6.07) is 12.8. The molecule has 3 nitrogen and oxygen atoms in total. The van der Waals surface area contributed by atoms with Gasteiger partial charge >= 0.3 is 6.18 Å². The summed E-state index contributed by atoms with van der Waals surface area (Å²) in [5.74, 6) is -0.291. The molecule has 0 amide bonds. The van der Waals surface area contributed by atoms with Gasteiger partial charge in [0.1, 0.15) is 23.4 Å². The van der Waals surface area contributed by atoms with Crippen LogP contribution in [0.2, 0.25) is 0 Å². The number of alkyl halides is 4. The van der Waals surface area contributed by atoms with Gasteiger partial charge in [-0.3, -0.25) is 0 Å². The first-order valence-corrected chi connectivity index (χ1v) is 8.24. The zero-order valence-corrected chi connectivity index (χ0v) is 14.0. The number of halogens is 4. The second-order valence-electron chi connectivity index (χ2n) is 4.65. The van der Waals surface area contributed by atoms with Crippen LogP contribution in [0.1, 0.15) is 29.3 Å². The normalized spacial score (nSPS) is 12.5. The fourth-order valence-corrected chi connectivity index (χ4v) is 2.53. The molecule has 120 valence electrons. The Bertz CT molecular complexity index is 699. The summed E-state index contributed by atoms with van der Waals surface area (Å²) in [7, 11) is 0. The Balaban J connectivity index is 2.37. The van der Waals surface area contributed by atoms with E-state index in [0.717, 1.165) is 22.1 Å². The molecule has 1 atom stereocenters. The number of pyridine rings is 1. The van der Waals surface area contributed by atoms with Gasteiger partial charge in [0.05, 0.1) is 0 Å². The summed E-state index contributed by atoms with van der Waals surface area (Å²) in [6.45, 7) is 0. The Morgan fingerprint density at radius 2 is 1.87 bits per heavy atom. The van der Waals surface area contributed by atoms with Crippen molar-refractivity contribution in [2.45, 2.75) is 18.7 Å². The Kier molecular flexibility index (Phi) is 5.82. The van der Waals surface area contributed by atoms with Crippen LogP contribution in [-0.2, 0) is 6.18 Å². The Morgan fingerprint density at radius 1 is 1.17 bits per heavy atom. The summed E-state index contributed by atoms with van der Waals surface area (Å²) in [5.41, 5.74) is -0.271. The molecular weight excluding hydrogens is 420 g/mol. The zero-order valence-electron chi connectivity index (χ0n) is 11.8. The van der Waals surface area contributed by atoms with E-state index in [0.29, 0.717) is 6.42 Å². The number of nitrogens with zero attached hydrogens (tertiary/aromatic N) is 2. The van der Waals surface area contributed by atoms with Crippen molar-refractivity contribution in [2.24, 2.45) is 0 Å². The molecule has 1 aromatic carbocycles. The molecule has 1 aromatic heterocycles. The van der Waals surface area contributed by atoms with Crippen molar-refractivity contribution >= 4 is 22.6 Å². The highest BCUT2D eigenvalue weighted by atomic mass is 127. The molecule has 0 N–H and O–H groups in total. The van der Waals surface area contributed by atoms with E-state index < -0.39 is 18.0 Å². The maximum absolute atomic E-state index is 12.8. The minimum absolute atomic E-state index is 0.0209. The third-order valence-electron chi connectivity index (χ3n) is 3.07. The Morgan fingerprint density at radius 3 is 2.43 bits per heavy atom. The van der Waals surface area contributed by atoms with Gasteiger partial charge in [-0.05, 0) is 24.1 Å². The molecule has 2 rings (SSSR count). The second kappa shape index (κ2) is 7.64. The molecule has 0 aliphatic heterocycles. The fourth-order valence-electron chi connectivity index (χ4n) is 1.97. The number of rotatable bonds is 5. The highest BCUT2D eigenvalue weighted by molar-refractivity contribution is 14.1. The number of hydrogen-bond acceptors (Lipinski definition) is 3. The van der Waals surface area contributed by atoms with Crippen LogP contribution in [0.25, 0.3) is 0 Å². The van der Waals surface area contributed by atoms with Gasteiger partial charge in [0.15, 0.2) is 0 Å². The quantitative estimate of drug-likeness (QED) is 0.498. The van der Waals surface area contributed by atoms with Crippen LogP contribution in [0.15, 0.2) is 42.5 Å². The first-order valence-electron chi connectivity index (χ1n) is 6.71. The number of benzene rings is 1. The molecule has 0 fully saturated rings. The number of ether oxygens (including phenoxy) is 1. The van der Waals surface area contributed by atoms with Gasteiger partial charge in [0.25, 0.3) is 0 Å². The molecule has 0 radical (unpaired) electrons. The van der Waals surface area contributed by atoms with E-state index in [1.54, 1.807) is 0 Å². The lowest BCUT2D eigenvalue weighted by molar-refractivity contribution is -0.141. The van der Waals surface area contributed by atoms with E-state index in [1.165, 1.54) is 0 Å². The number of nitriles is 1. The highest BCUT2D eigenvalue weighted by Crippen LogP contribution is 2.32. The highest BCUT2D eigenvalue weighted by Gasteiger charge is 2.33. The van der Waals surface area contributed by atoms with Gasteiger partial charge in [-0.25, -0.2) is 4.98 Å². The third-order valence-corrected chi connectivity index (χ3v) is 3.69. The standard InChI is InChI=1S/C16H12F3IN2O/c17-16(18,19)14-7-6-12(10-21)15(22-14)23-13(8-9-20)11-4-2-1-3-5-11/h1-7,13H,8-9H2/t13-/m1/s1. The molecule has 0 aliphatic carbocycles. The summed E-state index contributed by atoms with van der Waals surface area (Å²) in [6.07, 6.45) is -4.46. The first-order chi connectivity index (χ1) is 11.0. The third kappa shape index (κ3) is 4.58. The topological polar surface area (TPSA) is 45.9 Å². The first kappa shape index (κ1) is 17.5. The van der Waals surface area contributed by atoms with Crippen LogP contribution in [-0.4, -0.2) is 9.41 Å². The average Bonchev–Trinajstić information content (AvgIpc) is 2.54. The molecule has 0 spiro atoms. The van der Waals surface area contributed by atoms with Crippen molar-refractivity contribution in [3.63, 3.8) is 0 Å². The van der Waals surface area contributed by atoms with E-state index in [2.05, 4.69) is 27.6 Å². The maximum Gasteiger partial charge on any atom is 0.433 e. The van der Waals surface area contributed by atoms with Crippen molar-refractivity contribution in [3.8, 4) is 11.9 Å². The Labute approximate surface area is 145 Å². The summed E-state index contributed by atoms with van der Waals surface area (Å²) >= 11 is 2.16. The van der Waals surface area contributed by atoms with E-state index in [9.17, 15) is 13.2 Å². The average molecular weight is 432 g/mol. The fraction of sp³-hybridized carbons (Fsp3) is 0.250. The van der Waals surface area contributed by atoms with E-state index in [4.69, 9.17) is 10.00 Å². The smallest absolute Gasteiger partial charge is 0.433 e. The lowest BCUT2D eigenvalue weighted by Crippen LogP contribution is -2.13. The molecule has 0 saturated carbocycles. The second-order valence-corrected chi connectivity index (χ2v) is 5.73. The van der Waals surface area contributed by atoms with Crippen molar-refractivity contribution in [3.05, 3.63) is 59.3 Å². The maximum atomic E-state index is 12.8. The predicted octanol–water partition coefficient (Wildman–Crippen LogP) is 4.92. The Hall–Kier alpha value is -1.82. The van der Waals surface area contributed by atoms with Gasteiger partial charge < -0.3 is 4.74 Å². The molecule has 23 heavy (non-hydrogen) atoms. The van der Waals surface area contributed by atoms with E-state index >= 15 is 0 Å². The van der Waals surface area contributed by atoms with Crippen LogP contribution in [0, 0.1) is 11.3 Å². The van der Waals surface area contributed by atoms with Crippen molar-refractivity contribution in [2.75, 3.05) is 4.43 Å². The van der Waals surface area contributed by atoms with Crippen molar-refractivity contribution < 1.29 is 17.9 Å². The van der Waals surface area contributed by atoms with Crippen LogP contribution < -0.4 is 4.74 Å². The largest absolute Gasteiger partial charge is 0.468 e. The van der Waals surface area contributed by atoms with Gasteiger partial charge in [0.2, 0.25) is 5.88 Å². The van der Waals surface area contributed by atoms with Crippen LogP contribution in [0.5, 0.6) is 5.88 Å². The molecule has 2 aromatic rings. The van der Waals surface area contributed by atoms with Crippen molar-refractivity contribution in [1.29, 1.82) is 5.26 Å². The van der Waals surface area contributed by atoms with Gasteiger partial charge in [0, 0.05) is 4.43 Å². The van der Waals surface area contributed by atoms with Crippen LogP contribution in [0.4, 0.5) is 13.2 Å². The lowest BCUT2D eigenvalue weighted by atomic mass is 10.1. The summed E-state index contributed by atoms with van der Waals surface area (Å²) in [4.78, 5) is 3.49. The lowest BCUT2D eigenvalue weighted by Gasteiger charge is -2.19. The van der Waals surface area contributed by atoms with E-state index in [1.807, 2.05) is 36.4 Å². The molecule has 0 aliphatic rings. The van der Waals surface area contributed by atoms with Gasteiger partial charge in [-0.2, -0.15) is 18.4 Å². The minimum atomic E-state index is -4.59. The summed E-state index contributed by atoms with van der Waals surface area (Å²) < 4.78 is 44.8. The van der Waals surface area contributed by atoms with Gasteiger partial charge in [-0.1, -0.05) is 52.9 Å². The minimum Gasteiger partial charge on any atom is -0.468 e.